The lowest BCUT2D eigenvalue weighted by molar-refractivity contribution is -0.123. The molecule has 0 radical (unpaired) electrons. The van der Waals surface area contributed by atoms with Crippen LogP contribution in [-0.4, -0.2) is 17.6 Å². The van der Waals surface area contributed by atoms with E-state index in [1.165, 1.54) is 38.5 Å². The molecule has 1 aliphatic heterocycles. The standard InChI is InChI=1S/C17H25N3O/c1-2-3-11-17(19-20-17)12-10-15(21)18-16(13-6-4-7-13)14-8-5-9-14/h1,13-14,16H,3-12H2,(H,18,21). The minimum atomic E-state index is -0.327. The Morgan fingerprint density at radius 3 is 2.24 bits per heavy atom. The molecule has 3 aliphatic rings. The molecule has 2 aliphatic carbocycles. The third-order valence-corrected chi connectivity index (χ3v) is 5.45. The summed E-state index contributed by atoms with van der Waals surface area (Å²) in [5, 5.41) is 11.5. The van der Waals surface area contributed by atoms with Crippen molar-refractivity contribution in [1.82, 2.24) is 5.32 Å². The Balaban J connectivity index is 1.43. The summed E-state index contributed by atoms with van der Waals surface area (Å²) < 4.78 is 0. The maximum Gasteiger partial charge on any atom is 0.220 e. The number of nitrogens with zero attached hydrogens (tertiary/aromatic N) is 2. The minimum Gasteiger partial charge on any atom is -0.353 e. The van der Waals surface area contributed by atoms with Gasteiger partial charge < -0.3 is 5.32 Å². The second kappa shape index (κ2) is 6.17. The summed E-state index contributed by atoms with van der Waals surface area (Å²) in [5.41, 5.74) is -0.327. The summed E-state index contributed by atoms with van der Waals surface area (Å²) in [6.45, 7) is 0. The van der Waals surface area contributed by atoms with Crippen LogP contribution in [0, 0.1) is 24.2 Å². The van der Waals surface area contributed by atoms with Crippen molar-refractivity contribution in [3.05, 3.63) is 0 Å². The van der Waals surface area contributed by atoms with Crippen LogP contribution in [-0.2, 0) is 4.79 Å². The van der Waals surface area contributed by atoms with E-state index in [-0.39, 0.29) is 11.6 Å². The van der Waals surface area contributed by atoms with Gasteiger partial charge in [-0.2, -0.15) is 10.2 Å². The Kier molecular flexibility index (Phi) is 4.28. The molecule has 0 unspecified atom stereocenters. The van der Waals surface area contributed by atoms with Gasteiger partial charge in [-0.25, -0.2) is 0 Å². The summed E-state index contributed by atoms with van der Waals surface area (Å²) in [6.07, 6.45) is 15.8. The molecule has 0 saturated heterocycles. The topological polar surface area (TPSA) is 53.8 Å². The Hall–Kier alpha value is -1.37. The number of nitrogens with one attached hydrogen (secondary N) is 1. The van der Waals surface area contributed by atoms with E-state index in [1.54, 1.807) is 0 Å². The van der Waals surface area contributed by atoms with Crippen LogP contribution in [0.1, 0.15) is 64.2 Å². The highest BCUT2D eigenvalue weighted by molar-refractivity contribution is 5.76. The van der Waals surface area contributed by atoms with E-state index in [0.29, 0.717) is 25.3 Å². The van der Waals surface area contributed by atoms with Crippen molar-refractivity contribution >= 4 is 5.91 Å². The lowest BCUT2D eigenvalue weighted by Gasteiger charge is -2.43. The number of hydrogen-bond acceptors (Lipinski definition) is 3. The van der Waals surface area contributed by atoms with Gasteiger partial charge in [-0.05, 0) is 37.5 Å². The number of hydrogen-bond donors (Lipinski definition) is 1. The molecule has 0 aromatic heterocycles. The minimum absolute atomic E-state index is 0.177. The molecule has 1 N–H and O–H groups in total. The lowest BCUT2D eigenvalue weighted by atomic mass is 9.68. The number of terminal acetylenes is 1. The molecule has 0 aromatic rings. The quantitative estimate of drug-likeness (QED) is 0.683. The monoisotopic (exact) mass is 287 g/mol. The van der Waals surface area contributed by atoms with Gasteiger partial charge in [-0.15, -0.1) is 12.3 Å². The Morgan fingerprint density at radius 1 is 1.19 bits per heavy atom. The average molecular weight is 287 g/mol. The highest BCUT2D eigenvalue weighted by atomic mass is 16.1. The van der Waals surface area contributed by atoms with Crippen molar-refractivity contribution in [2.75, 3.05) is 0 Å². The maximum absolute atomic E-state index is 12.3. The molecule has 0 spiro atoms. The zero-order valence-electron chi connectivity index (χ0n) is 12.7. The lowest BCUT2D eigenvalue weighted by Crippen LogP contribution is -2.49. The van der Waals surface area contributed by atoms with Crippen molar-refractivity contribution in [3.63, 3.8) is 0 Å². The fourth-order valence-corrected chi connectivity index (χ4v) is 3.46. The second-order valence-electron chi connectivity index (χ2n) is 6.86. The van der Waals surface area contributed by atoms with Crippen molar-refractivity contribution in [1.29, 1.82) is 0 Å². The van der Waals surface area contributed by atoms with E-state index >= 15 is 0 Å². The van der Waals surface area contributed by atoms with E-state index in [2.05, 4.69) is 21.5 Å². The van der Waals surface area contributed by atoms with Crippen LogP contribution in [0.25, 0.3) is 0 Å². The van der Waals surface area contributed by atoms with E-state index in [1.807, 2.05) is 0 Å². The van der Waals surface area contributed by atoms with Gasteiger partial charge in [0.05, 0.1) is 0 Å². The molecular formula is C17H25N3O. The van der Waals surface area contributed by atoms with Crippen LogP contribution in [0.15, 0.2) is 10.2 Å². The van der Waals surface area contributed by atoms with Gasteiger partial charge >= 0.3 is 0 Å². The molecule has 0 bridgehead atoms. The third kappa shape index (κ3) is 3.45. The van der Waals surface area contributed by atoms with Crippen LogP contribution in [0.4, 0.5) is 0 Å². The summed E-state index contributed by atoms with van der Waals surface area (Å²) in [4.78, 5) is 12.3. The zero-order chi connectivity index (χ0) is 14.7. The Bertz CT molecular complexity index is 437. The number of carbonyl (C=O) groups is 1. The molecular weight excluding hydrogens is 262 g/mol. The molecule has 0 aromatic carbocycles. The largest absolute Gasteiger partial charge is 0.353 e. The van der Waals surface area contributed by atoms with Crippen molar-refractivity contribution in [2.45, 2.75) is 75.9 Å². The summed E-state index contributed by atoms with van der Waals surface area (Å²) in [6, 6.07) is 0.426. The molecule has 1 amide bonds. The molecule has 4 heteroatoms. The zero-order valence-corrected chi connectivity index (χ0v) is 12.7. The SMILES string of the molecule is C#CCCC1(CCC(=O)NC(C2CCC2)C2CCC2)N=N1. The van der Waals surface area contributed by atoms with E-state index in [9.17, 15) is 4.79 Å². The average Bonchev–Trinajstić information content (AvgIpc) is 3.10. The highest BCUT2D eigenvalue weighted by Crippen LogP contribution is 2.40. The first-order valence-corrected chi connectivity index (χ1v) is 8.39. The van der Waals surface area contributed by atoms with Crippen LogP contribution in [0.3, 0.4) is 0 Å². The predicted molar refractivity (Wildman–Crippen MR) is 81.5 cm³/mol. The van der Waals surface area contributed by atoms with Crippen LogP contribution in [0.2, 0.25) is 0 Å². The molecule has 21 heavy (non-hydrogen) atoms. The molecule has 0 atom stereocenters. The van der Waals surface area contributed by atoms with Crippen LogP contribution in [0.5, 0.6) is 0 Å². The van der Waals surface area contributed by atoms with Crippen molar-refractivity contribution in [2.24, 2.45) is 22.1 Å². The van der Waals surface area contributed by atoms with Gasteiger partial charge in [0.2, 0.25) is 5.91 Å². The van der Waals surface area contributed by atoms with E-state index < -0.39 is 0 Å². The van der Waals surface area contributed by atoms with Crippen molar-refractivity contribution < 1.29 is 4.79 Å². The van der Waals surface area contributed by atoms with E-state index in [0.717, 1.165) is 18.3 Å². The molecule has 1 heterocycles. The summed E-state index contributed by atoms with van der Waals surface area (Å²) in [7, 11) is 0. The summed E-state index contributed by atoms with van der Waals surface area (Å²) >= 11 is 0. The first kappa shape index (κ1) is 14.6. The van der Waals surface area contributed by atoms with Crippen LogP contribution >= 0.6 is 0 Å². The first-order chi connectivity index (χ1) is 10.2. The smallest absolute Gasteiger partial charge is 0.220 e. The summed E-state index contributed by atoms with van der Waals surface area (Å²) in [5.74, 6) is 4.25. The fraction of sp³-hybridized carbons (Fsp3) is 0.824. The van der Waals surface area contributed by atoms with E-state index in [4.69, 9.17) is 6.42 Å². The number of rotatable bonds is 8. The molecule has 2 fully saturated rings. The molecule has 2 saturated carbocycles. The molecule has 3 rings (SSSR count). The van der Waals surface area contributed by atoms with Gasteiger partial charge in [0.25, 0.3) is 0 Å². The predicted octanol–water partition coefficient (Wildman–Crippen LogP) is 3.43. The molecule has 4 nitrogen and oxygen atoms in total. The maximum atomic E-state index is 12.3. The number of carbonyl (C=O) groups excluding carboxylic acids is 1. The van der Waals surface area contributed by atoms with Crippen LogP contribution < -0.4 is 5.32 Å². The number of amides is 1. The second-order valence-corrected chi connectivity index (χ2v) is 6.86. The normalized spacial score (nSPS) is 23.2. The molecule has 114 valence electrons. The van der Waals surface area contributed by atoms with Crippen molar-refractivity contribution in [3.8, 4) is 12.3 Å². The van der Waals surface area contributed by atoms with Gasteiger partial charge in [-0.1, -0.05) is 12.8 Å². The van der Waals surface area contributed by atoms with Gasteiger partial charge in [-0.3, -0.25) is 4.79 Å². The van der Waals surface area contributed by atoms with Gasteiger partial charge in [0, 0.05) is 31.7 Å². The first-order valence-electron chi connectivity index (χ1n) is 8.39. The Morgan fingerprint density at radius 2 is 1.81 bits per heavy atom. The third-order valence-electron chi connectivity index (χ3n) is 5.45. The highest BCUT2D eigenvalue weighted by Gasteiger charge is 2.40. The van der Waals surface area contributed by atoms with Gasteiger partial charge in [0.1, 0.15) is 0 Å². The van der Waals surface area contributed by atoms with Gasteiger partial charge in [0.15, 0.2) is 5.66 Å². The Labute approximate surface area is 127 Å². The fourth-order valence-electron chi connectivity index (χ4n) is 3.46.